The zero-order valence-electron chi connectivity index (χ0n) is 16.6. The molecule has 0 spiro atoms. The van der Waals surface area contributed by atoms with E-state index in [0.29, 0.717) is 5.92 Å². The molecule has 0 heteroatoms. The van der Waals surface area contributed by atoms with E-state index in [1.165, 1.54) is 60.0 Å². The fourth-order valence-electron chi connectivity index (χ4n) is 3.97. The van der Waals surface area contributed by atoms with Gasteiger partial charge in [0.1, 0.15) is 0 Å². The number of hydrogen-bond acceptors (Lipinski definition) is 0. The van der Waals surface area contributed by atoms with E-state index in [1.807, 2.05) is 6.08 Å². The molecular weight excluding hydrogens is 312 g/mol. The second-order valence-corrected chi connectivity index (χ2v) is 7.54. The van der Waals surface area contributed by atoms with Crippen molar-refractivity contribution in [3.63, 3.8) is 0 Å². The van der Waals surface area contributed by atoms with Gasteiger partial charge >= 0.3 is 0 Å². The van der Waals surface area contributed by atoms with Crippen molar-refractivity contribution in [1.82, 2.24) is 0 Å². The monoisotopic (exact) mass is 346 g/mol. The van der Waals surface area contributed by atoms with E-state index in [4.69, 9.17) is 0 Å². The van der Waals surface area contributed by atoms with Crippen LogP contribution in [0.4, 0.5) is 0 Å². The van der Waals surface area contributed by atoms with Gasteiger partial charge in [0.2, 0.25) is 0 Å². The molecule has 26 heavy (non-hydrogen) atoms. The van der Waals surface area contributed by atoms with Crippen LogP contribution in [0.2, 0.25) is 0 Å². The number of rotatable bonds is 8. The highest BCUT2D eigenvalue weighted by molar-refractivity contribution is 5.69. The van der Waals surface area contributed by atoms with Crippen LogP contribution >= 0.6 is 0 Å². The molecule has 0 radical (unpaired) electrons. The minimum atomic E-state index is 0.251. The fraction of sp³-hybridized carbons (Fsp3) is 0.385. The predicted octanol–water partition coefficient (Wildman–Crippen LogP) is 7.84. The molecule has 1 aliphatic carbocycles. The predicted molar refractivity (Wildman–Crippen MR) is 117 cm³/mol. The van der Waals surface area contributed by atoms with E-state index >= 15 is 0 Å². The van der Waals surface area contributed by atoms with Gasteiger partial charge in [-0.1, -0.05) is 98.7 Å². The van der Waals surface area contributed by atoms with Gasteiger partial charge in [0.05, 0.1) is 0 Å². The Morgan fingerprint density at radius 2 is 1.77 bits per heavy atom. The van der Waals surface area contributed by atoms with Crippen molar-refractivity contribution in [1.29, 1.82) is 0 Å². The van der Waals surface area contributed by atoms with Crippen molar-refractivity contribution in [2.75, 3.05) is 0 Å². The lowest BCUT2D eigenvalue weighted by Gasteiger charge is -2.28. The van der Waals surface area contributed by atoms with Crippen molar-refractivity contribution in [3.05, 3.63) is 90.6 Å². The fourth-order valence-corrected chi connectivity index (χ4v) is 3.97. The Morgan fingerprint density at radius 3 is 2.35 bits per heavy atom. The molecule has 138 valence electrons. The van der Waals surface area contributed by atoms with E-state index in [2.05, 4.69) is 76.1 Å². The van der Waals surface area contributed by atoms with E-state index in [1.54, 1.807) is 0 Å². The van der Waals surface area contributed by atoms with Crippen LogP contribution in [-0.2, 0) is 0 Å². The summed E-state index contributed by atoms with van der Waals surface area (Å²) < 4.78 is 0. The standard InChI is InChI=1S/C26H34/c1-6-11-25(12-7-2)26(19-21(4)23-13-9-8-10-14-23)22(5)24-17-15-20(3)16-18-24/h6-7,11-12,15-18,23,26H,1,4-5,8-10,13-14,19H2,2-3H3/b12-7-,25-11+. The third kappa shape index (κ3) is 5.46. The van der Waals surface area contributed by atoms with Crippen LogP contribution in [0.1, 0.15) is 56.6 Å². The average molecular weight is 347 g/mol. The van der Waals surface area contributed by atoms with Gasteiger partial charge in [0, 0.05) is 5.92 Å². The first-order valence-corrected chi connectivity index (χ1v) is 9.95. The van der Waals surface area contributed by atoms with Crippen LogP contribution in [-0.4, -0.2) is 0 Å². The molecule has 0 aromatic heterocycles. The lowest BCUT2D eigenvalue weighted by Crippen LogP contribution is -2.14. The summed E-state index contributed by atoms with van der Waals surface area (Å²) in [7, 11) is 0. The van der Waals surface area contributed by atoms with Gasteiger partial charge < -0.3 is 0 Å². The zero-order valence-corrected chi connectivity index (χ0v) is 16.6. The lowest BCUT2D eigenvalue weighted by atomic mass is 9.76. The SMILES string of the molecule is C=C/C=C(\C=C/C)C(CC(=C)C1CCCCC1)C(=C)c1ccc(C)cc1. The second-order valence-electron chi connectivity index (χ2n) is 7.54. The molecule has 1 atom stereocenters. The van der Waals surface area contributed by atoms with Crippen LogP contribution in [0.15, 0.2) is 79.5 Å². The first-order chi connectivity index (χ1) is 12.6. The molecule has 0 bridgehead atoms. The second kappa shape index (κ2) is 10.2. The van der Waals surface area contributed by atoms with Crippen molar-refractivity contribution in [3.8, 4) is 0 Å². The van der Waals surface area contributed by atoms with Crippen LogP contribution in [0, 0.1) is 18.8 Å². The molecule has 1 unspecified atom stereocenters. The van der Waals surface area contributed by atoms with Crippen molar-refractivity contribution >= 4 is 5.57 Å². The Morgan fingerprint density at radius 1 is 1.12 bits per heavy atom. The maximum atomic E-state index is 4.49. The number of hydrogen-bond donors (Lipinski definition) is 0. The number of aryl methyl sites for hydroxylation is 1. The summed E-state index contributed by atoms with van der Waals surface area (Å²) in [4.78, 5) is 0. The highest BCUT2D eigenvalue weighted by atomic mass is 14.3. The quantitative estimate of drug-likeness (QED) is 0.332. The molecule has 0 heterocycles. The van der Waals surface area contributed by atoms with Crippen molar-refractivity contribution in [2.45, 2.75) is 52.4 Å². The summed E-state index contributed by atoms with van der Waals surface area (Å²) in [6.07, 6.45) is 15.9. The minimum absolute atomic E-state index is 0.251. The number of benzene rings is 1. The van der Waals surface area contributed by atoms with Crippen molar-refractivity contribution < 1.29 is 0 Å². The third-order valence-corrected chi connectivity index (χ3v) is 5.56. The largest absolute Gasteiger partial charge is 0.0995 e. The molecule has 2 rings (SSSR count). The summed E-state index contributed by atoms with van der Waals surface area (Å²) >= 11 is 0. The Kier molecular flexibility index (Phi) is 7.91. The molecule has 0 nitrogen and oxygen atoms in total. The first-order valence-electron chi connectivity index (χ1n) is 9.95. The molecule has 1 fully saturated rings. The summed E-state index contributed by atoms with van der Waals surface area (Å²) in [5, 5.41) is 0. The van der Waals surface area contributed by atoms with Gasteiger partial charge in [-0.2, -0.15) is 0 Å². The van der Waals surface area contributed by atoms with E-state index in [0.717, 1.165) is 6.42 Å². The highest BCUT2D eigenvalue weighted by Crippen LogP contribution is 2.38. The van der Waals surface area contributed by atoms with Crippen LogP contribution < -0.4 is 0 Å². The van der Waals surface area contributed by atoms with Gasteiger partial charge in [-0.15, -0.1) is 0 Å². The number of allylic oxidation sites excluding steroid dienone is 7. The van der Waals surface area contributed by atoms with E-state index < -0.39 is 0 Å². The summed E-state index contributed by atoms with van der Waals surface area (Å²) in [6, 6.07) is 8.71. The van der Waals surface area contributed by atoms with Crippen LogP contribution in [0.5, 0.6) is 0 Å². The molecule has 1 aromatic rings. The highest BCUT2D eigenvalue weighted by Gasteiger charge is 2.23. The first kappa shape index (κ1) is 20.2. The average Bonchev–Trinajstić information content (AvgIpc) is 2.66. The van der Waals surface area contributed by atoms with Crippen LogP contribution in [0.3, 0.4) is 0 Å². The maximum Gasteiger partial charge on any atom is 0.0126 e. The molecule has 1 saturated carbocycles. The maximum absolute atomic E-state index is 4.49. The molecule has 1 aromatic carbocycles. The third-order valence-electron chi connectivity index (χ3n) is 5.56. The summed E-state index contributed by atoms with van der Waals surface area (Å²) in [6.45, 7) is 17.1. The van der Waals surface area contributed by atoms with Crippen molar-refractivity contribution in [2.24, 2.45) is 11.8 Å². The minimum Gasteiger partial charge on any atom is -0.0995 e. The Hall–Kier alpha value is -2.08. The lowest BCUT2D eigenvalue weighted by molar-refractivity contribution is 0.392. The zero-order chi connectivity index (χ0) is 18.9. The van der Waals surface area contributed by atoms with Gasteiger partial charge in [-0.25, -0.2) is 0 Å². The van der Waals surface area contributed by atoms with Gasteiger partial charge in [-0.3, -0.25) is 0 Å². The molecule has 0 N–H and O–H groups in total. The molecule has 0 aliphatic heterocycles. The van der Waals surface area contributed by atoms with E-state index in [9.17, 15) is 0 Å². The van der Waals surface area contributed by atoms with Gasteiger partial charge in [0.25, 0.3) is 0 Å². The Balaban J connectivity index is 2.29. The Bertz CT molecular complexity index is 675. The van der Waals surface area contributed by atoms with Crippen LogP contribution in [0.25, 0.3) is 5.57 Å². The Labute approximate surface area is 160 Å². The van der Waals surface area contributed by atoms with Gasteiger partial charge in [0.15, 0.2) is 0 Å². The molecule has 1 aliphatic rings. The normalized spacial score (nSPS) is 17.2. The summed E-state index contributed by atoms with van der Waals surface area (Å²) in [5.41, 5.74) is 6.33. The molecule has 0 amide bonds. The summed E-state index contributed by atoms with van der Waals surface area (Å²) in [5.74, 6) is 0.925. The molecular formula is C26H34. The smallest absolute Gasteiger partial charge is 0.0126 e. The topological polar surface area (TPSA) is 0 Å². The van der Waals surface area contributed by atoms with E-state index in [-0.39, 0.29) is 5.92 Å². The molecule has 0 saturated heterocycles. The van der Waals surface area contributed by atoms with Gasteiger partial charge in [-0.05, 0) is 55.7 Å².